The minimum absolute atomic E-state index is 0.0996. The van der Waals surface area contributed by atoms with Crippen LogP contribution in [-0.4, -0.2) is 5.11 Å². The van der Waals surface area contributed by atoms with Gasteiger partial charge < -0.3 is 10.4 Å². The second kappa shape index (κ2) is 5.27. The zero-order valence-electron chi connectivity index (χ0n) is 9.87. The lowest BCUT2D eigenvalue weighted by Crippen LogP contribution is -2.02. The van der Waals surface area contributed by atoms with E-state index < -0.39 is 0 Å². The summed E-state index contributed by atoms with van der Waals surface area (Å²) in [5.74, 6) is -0.218. The Hall–Kier alpha value is -1.74. The van der Waals surface area contributed by atoms with E-state index in [-0.39, 0.29) is 18.1 Å². The summed E-state index contributed by atoms with van der Waals surface area (Å²) in [6.07, 6.45) is 0. The first kappa shape index (κ1) is 12.7. The summed E-state index contributed by atoms with van der Waals surface area (Å²) >= 11 is 5.97. The fourth-order valence-electron chi connectivity index (χ4n) is 1.67. The summed E-state index contributed by atoms with van der Waals surface area (Å²) in [4.78, 5) is 0. The maximum absolute atomic E-state index is 13.6. The third-order valence-electron chi connectivity index (χ3n) is 2.67. The molecular weight excluding hydrogens is 253 g/mol. The number of hydrogen-bond donors (Lipinski definition) is 2. The molecule has 0 unspecified atom stereocenters. The first-order chi connectivity index (χ1) is 8.58. The molecule has 0 aromatic heterocycles. The van der Waals surface area contributed by atoms with E-state index in [1.807, 2.05) is 13.0 Å². The van der Waals surface area contributed by atoms with E-state index in [1.54, 1.807) is 24.3 Å². The van der Waals surface area contributed by atoms with E-state index in [4.69, 9.17) is 11.6 Å². The van der Waals surface area contributed by atoms with Crippen molar-refractivity contribution in [2.24, 2.45) is 0 Å². The quantitative estimate of drug-likeness (QED) is 0.875. The molecule has 2 N–H and O–H groups in total. The number of halogens is 2. The predicted octanol–water partition coefficient (Wildman–Crippen LogP) is 4.11. The molecule has 18 heavy (non-hydrogen) atoms. The van der Waals surface area contributed by atoms with Crippen molar-refractivity contribution in [2.45, 2.75) is 13.5 Å². The lowest BCUT2D eigenvalue weighted by molar-refractivity contribution is 0.469. The van der Waals surface area contributed by atoms with Gasteiger partial charge in [-0.15, -0.1) is 0 Å². The van der Waals surface area contributed by atoms with E-state index in [1.165, 1.54) is 6.07 Å². The van der Waals surface area contributed by atoms with Gasteiger partial charge in [-0.3, -0.25) is 0 Å². The van der Waals surface area contributed by atoms with Crippen molar-refractivity contribution in [2.75, 3.05) is 5.32 Å². The molecule has 0 radical (unpaired) electrons. The van der Waals surface area contributed by atoms with Crippen LogP contribution < -0.4 is 5.32 Å². The second-order valence-electron chi connectivity index (χ2n) is 4.07. The average molecular weight is 266 g/mol. The summed E-state index contributed by atoms with van der Waals surface area (Å²) in [5.41, 5.74) is 1.80. The fourth-order valence-corrected chi connectivity index (χ4v) is 1.91. The molecule has 2 aromatic rings. The van der Waals surface area contributed by atoms with Gasteiger partial charge in [-0.05, 0) is 36.8 Å². The van der Waals surface area contributed by atoms with Crippen LogP contribution >= 0.6 is 11.6 Å². The molecule has 0 saturated carbocycles. The molecule has 0 aliphatic carbocycles. The van der Waals surface area contributed by atoms with E-state index in [0.29, 0.717) is 16.3 Å². The van der Waals surface area contributed by atoms with Crippen LogP contribution in [0.1, 0.15) is 11.1 Å². The number of rotatable bonds is 3. The van der Waals surface area contributed by atoms with E-state index in [2.05, 4.69) is 5.32 Å². The number of phenolic OH excluding ortho intramolecular Hbond substituents is 1. The Kier molecular flexibility index (Phi) is 3.72. The Labute approximate surface area is 110 Å². The van der Waals surface area contributed by atoms with Crippen LogP contribution in [-0.2, 0) is 6.54 Å². The van der Waals surface area contributed by atoms with Crippen LogP contribution in [0.25, 0.3) is 0 Å². The highest BCUT2D eigenvalue weighted by Crippen LogP contribution is 2.26. The van der Waals surface area contributed by atoms with Gasteiger partial charge in [0.2, 0.25) is 0 Å². The molecule has 0 atom stereocenters. The molecular formula is C14H13ClFNO. The Balaban J connectivity index is 2.16. The SMILES string of the molecule is Cc1ccc(NCc2c(O)cccc2Cl)c(F)c1. The number of anilines is 1. The molecule has 0 heterocycles. The number of nitrogens with one attached hydrogen (secondary N) is 1. The molecule has 2 aromatic carbocycles. The molecule has 0 aliphatic rings. The Morgan fingerprint density at radius 3 is 2.72 bits per heavy atom. The minimum atomic E-state index is -0.318. The normalized spacial score (nSPS) is 10.4. The maximum Gasteiger partial charge on any atom is 0.146 e. The third-order valence-corrected chi connectivity index (χ3v) is 3.03. The summed E-state index contributed by atoms with van der Waals surface area (Å²) in [6, 6.07) is 9.83. The van der Waals surface area contributed by atoms with Crippen LogP contribution in [0.5, 0.6) is 5.75 Å². The summed E-state index contributed by atoms with van der Waals surface area (Å²) in [5, 5.41) is 13.0. The van der Waals surface area contributed by atoms with Crippen molar-refractivity contribution in [3.05, 3.63) is 58.4 Å². The lowest BCUT2D eigenvalue weighted by atomic mass is 10.2. The molecule has 0 spiro atoms. The summed E-state index contributed by atoms with van der Waals surface area (Å²) < 4.78 is 13.6. The van der Waals surface area contributed by atoms with Gasteiger partial charge in [0.1, 0.15) is 11.6 Å². The van der Waals surface area contributed by atoms with Crippen molar-refractivity contribution < 1.29 is 9.50 Å². The van der Waals surface area contributed by atoms with Crippen LogP contribution in [0.2, 0.25) is 5.02 Å². The van der Waals surface area contributed by atoms with Gasteiger partial charge in [-0.2, -0.15) is 0 Å². The van der Waals surface area contributed by atoms with E-state index in [0.717, 1.165) is 5.56 Å². The third kappa shape index (κ3) is 2.74. The zero-order valence-corrected chi connectivity index (χ0v) is 10.6. The highest BCUT2D eigenvalue weighted by Gasteiger charge is 2.07. The standard InChI is InChI=1S/C14H13ClFNO/c1-9-5-6-13(12(16)7-9)17-8-10-11(15)3-2-4-14(10)18/h2-7,17-18H,8H2,1H3. The van der Waals surface area contributed by atoms with Gasteiger partial charge in [0.05, 0.1) is 5.69 Å². The first-order valence-corrected chi connectivity index (χ1v) is 5.92. The molecule has 2 nitrogen and oxygen atoms in total. The average Bonchev–Trinajstić information content (AvgIpc) is 2.31. The van der Waals surface area contributed by atoms with Gasteiger partial charge in [-0.1, -0.05) is 23.7 Å². The van der Waals surface area contributed by atoms with Crippen molar-refractivity contribution >= 4 is 17.3 Å². The van der Waals surface area contributed by atoms with Crippen molar-refractivity contribution in [1.82, 2.24) is 0 Å². The molecule has 94 valence electrons. The van der Waals surface area contributed by atoms with Crippen molar-refractivity contribution in [3.63, 3.8) is 0 Å². The number of aromatic hydroxyl groups is 1. The molecule has 0 saturated heterocycles. The van der Waals surface area contributed by atoms with Gasteiger partial charge in [0.25, 0.3) is 0 Å². The summed E-state index contributed by atoms with van der Waals surface area (Å²) in [6.45, 7) is 2.10. The number of aryl methyl sites for hydroxylation is 1. The maximum atomic E-state index is 13.6. The molecule has 4 heteroatoms. The Morgan fingerprint density at radius 2 is 2.06 bits per heavy atom. The summed E-state index contributed by atoms with van der Waals surface area (Å²) in [7, 11) is 0. The highest BCUT2D eigenvalue weighted by molar-refractivity contribution is 6.31. The van der Waals surface area contributed by atoms with Gasteiger partial charge in [-0.25, -0.2) is 4.39 Å². The van der Waals surface area contributed by atoms with Gasteiger partial charge >= 0.3 is 0 Å². The fraction of sp³-hybridized carbons (Fsp3) is 0.143. The Bertz CT molecular complexity index is 551. The zero-order chi connectivity index (χ0) is 13.1. The first-order valence-electron chi connectivity index (χ1n) is 5.54. The number of hydrogen-bond acceptors (Lipinski definition) is 2. The number of benzene rings is 2. The number of phenols is 1. The van der Waals surface area contributed by atoms with Crippen LogP contribution in [0, 0.1) is 12.7 Å². The highest BCUT2D eigenvalue weighted by atomic mass is 35.5. The lowest BCUT2D eigenvalue weighted by Gasteiger charge is -2.10. The second-order valence-corrected chi connectivity index (χ2v) is 4.48. The van der Waals surface area contributed by atoms with Crippen molar-refractivity contribution in [3.8, 4) is 5.75 Å². The monoisotopic (exact) mass is 265 g/mol. The van der Waals surface area contributed by atoms with Crippen LogP contribution in [0.3, 0.4) is 0 Å². The topological polar surface area (TPSA) is 32.3 Å². The molecule has 0 fully saturated rings. The smallest absolute Gasteiger partial charge is 0.146 e. The van der Waals surface area contributed by atoms with Crippen molar-refractivity contribution in [1.29, 1.82) is 0 Å². The molecule has 0 aliphatic heterocycles. The minimum Gasteiger partial charge on any atom is -0.508 e. The molecule has 0 bridgehead atoms. The predicted molar refractivity (Wildman–Crippen MR) is 71.6 cm³/mol. The van der Waals surface area contributed by atoms with Gasteiger partial charge in [0, 0.05) is 17.1 Å². The molecule has 2 rings (SSSR count). The Morgan fingerprint density at radius 1 is 1.28 bits per heavy atom. The van der Waals surface area contributed by atoms with E-state index in [9.17, 15) is 9.50 Å². The van der Waals surface area contributed by atoms with Crippen LogP contribution in [0.15, 0.2) is 36.4 Å². The van der Waals surface area contributed by atoms with Crippen LogP contribution in [0.4, 0.5) is 10.1 Å². The van der Waals surface area contributed by atoms with Gasteiger partial charge in [0.15, 0.2) is 0 Å². The van der Waals surface area contributed by atoms with E-state index >= 15 is 0 Å². The molecule has 0 amide bonds. The largest absolute Gasteiger partial charge is 0.508 e.